The standard InChI is InChI=1S/C24H31NO6S/c1-18(2)25(24(28)19-12-14-21(15-13-19)32(3,29)30)17-20-9-6-7-10-22(20)31-16-8-4-5-11-23(26)27/h6-7,9-10,12-15,18H,4-5,8,11,16-17H2,1-3H3,(H,26,27)/i17D2,18D. The molecule has 32 heavy (non-hydrogen) atoms. The Morgan fingerprint density at radius 3 is 2.34 bits per heavy atom. The maximum Gasteiger partial charge on any atom is 0.303 e. The number of amides is 1. The number of ether oxygens (including phenoxy) is 1. The van der Waals surface area contributed by atoms with Gasteiger partial charge in [-0.15, -0.1) is 0 Å². The molecule has 0 atom stereocenters. The second kappa shape index (κ2) is 11.7. The number of unbranched alkanes of at least 4 members (excludes halogenated alkanes) is 2. The number of benzene rings is 2. The smallest absolute Gasteiger partial charge is 0.303 e. The lowest BCUT2D eigenvalue weighted by Gasteiger charge is -2.28. The average molecular weight is 465 g/mol. The second-order valence-electron chi connectivity index (χ2n) is 7.55. The van der Waals surface area contributed by atoms with Crippen molar-refractivity contribution in [2.75, 3.05) is 12.9 Å². The third-order valence-corrected chi connectivity index (χ3v) is 5.72. The average Bonchev–Trinajstić information content (AvgIpc) is 2.74. The summed E-state index contributed by atoms with van der Waals surface area (Å²) in [5.74, 6) is -1.43. The van der Waals surface area contributed by atoms with E-state index in [9.17, 15) is 18.0 Å². The van der Waals surface area contributed by atoms with E-state index in [-0.39, 0.29) is 34.8 Å². The van der Waals surface area contributed by atoms with E-state index in [1.807, 2.05) is 0 Å². The van der Waals surface area contributed by atoms with Crippen LogP contribution >= 0.6 is 0 Å². The van der Waals surface area contributed by atoms with Crippen LogP contribution in [0.3, 0.4) is 0 Å². The van der Waals surface area contributed by atoms with E-state index in [0.717, 1.165) is 11.2 Å². The minimum absolute atomic E-state index is 0.0239. The van der Waals surface area contributed by atoms with Gasteiger partial charge in [-0.1, -0.05) is 18.2 Å². The van der Waals surface area contributed by atoms with Gasteiger partial charge in [-0.2, -0.15) is 0 Å². The highest BCUT2D eigenvalue weighted by atomic mass is 32.2. The van der Waals surface area contributed by atoms with E-state index in [1.165, 1.54) is 44.2 Å². The van der Waals surface area contributed by atoms with E-state index >= 15 is 0 Å². The molecule has 2 rings (SSSR count). The van der Waals surface area contributed by atoms with Gasteiger partial charge in [0.05, 0.1) is 15.6 Å². The maximum atomic E-state index is 13.4. The zero-order chi connectivity index (χ0) is 26.4. The second-order valence-corrected chi connectivity index (χ2v) is 9.56. The van der Waals surface area contributed by atoms with Gasteiger partial charge in [0.25, 0.3) is 5.91 Å². The quantitative estimate of drug-likeness (QED) is 0.473. The first kappa shape index (κ1) is 21.0. The Bertz CT molecular complexity index is 1140. The van der Waals surface area contributed by atoms with Crippen molar-refractivity contribution in [3.8, 4) is 5.75 Å². The molecule has 1 amide bonds. The number of carbonyl (C=O) groups is 2. The van der Waals surface area contributed by atoms with Crippen LogP contribution in [0, 0.1) is 0 Å². The molecule has 7 nitrogen and oxygen atoms in total. The summed E-state index contributed by atoms with van der Waals surface area (Å²) in [7, 11) is -3.47. The molecule has 0 aliphatic rings. The first-order valence-electron chi connectivity index (χ1n) is 11.7. The van der Waals surface area contributed by atoms with E-state index < -0.39 is 34.2 Å². The van der Waals surface area contributed by atoms with Crippen molar-refractivity contribution in [1.82, 2.24) is 4.90 Å². The van der Waals surface area contributed by atoms with Crippen LogP contribution in [-0.2, 0) is 21.1 Å². The molecule has 8 heteroatoms. The highest BCUT2D eigenvalue weighted by Gasteiger charge is 2.21. The fourth-order valence-corrected chi connectivity index (χ4v) is 3.51. The van der Waals surface area contributed by atoms with Gasteiger partial charge in [-0.3, -0.25) is 9.59 Å². The van der Waals surface area contributed by atoms with E-state index in [0.29, 0.717) is 19.3 Å². The van der Waals surface area contributed by atoms with Gasteiger partial charge in [-0.25, -0.2) is 8.42 Å². The van der Waals surface area contributed by atoms with Gasteiger partial charge in [0.2, 0.25) is 0 Å². The highest BCUT2D eigenvalue weighted by molar-refractivity contribution is 7.90. The minimum Gasteiger partial charge on any atom is -0.493 e. The van der Waals surface area contributed by atoms with Crippen LogP contribution in [0.1, 0.15) is 59.6 Å². The highest BCUT2D eigenvalue weighted by Crippen LogP contribution is 2.23. The number of hydrogen-bond donors (Lipinski definition) is 1. The van der Waals surface area contributed by atoms with E-state index in [2.05, 4.69) is 0 Å². The molecule has 2 aromatic rings. The minimum atomic E-state index is -3.47. The molecule has 0 saturated heterocycles. The molecule has 0 aliphatic heterocycles. The Hall–Kier alpha value is -2.87. The number of para-hydroxylation sites is 1. The molecule has 0 heterocycles. The predicted octanol–water partition coefficient (Wildman–Crippen LogP) is 4.16. The molecule has 1 N–H and O–H groups in total. The van der Waals surface area contributed by atoms with Gasteiger partial charge in [-0.05, 0) is 63.4 Å². The summed E-state index contributed by atoms with van der Waals surface area (Å²) in [6.45, 7) is 0.564. The molecule has 0 unspecified atom stereocenters. The molecule has 0 aromatic heterocycles. The molecular formula is C24H31NO6S. The van der Waals surface area contributed by atoms with Crippen molar-refractivity contribution in [1.29, 1.82) is 0 Å². The van der Waals surface area contributed by atoms with Crippen LogP contribution in [0.15, 0.2) is 53.4 Å². The molecule has 0 saturated carbocycles. The summed E-state index contributed by atoms with van der Waals surface area (Å²) < 4.78 is 55.5. The van der Waals surface area contributed by atoms with Gasteiger partial charge in [0, 0.05) is 36.3 Å². The van der Waals surface area contributed by atoms with Crippen LogP contribution in [0.2, 0.25) is 0 Å². The SMILES string of the molecule is [2H]C(C)(C)N(C(=O)c1ccc(S(C)(=O)=O)cc1)C([2H])([2H])c1ccccc1OCCCCCC(=O)O. The lowest BCUT2D eigenvalue weighted by atomic mass is 10.1. The molecule has 0 bridgehead atoms. The molecule has 0 fully saturated rings. The summed E-state index contributed by atoms with van der Waals surface area (Å²) in [4.78, 5) is 24.8. The molecule has 2 aromatic carbocycles. The molecule has 0 radical (unpaired) electrons. The third-order valence-electron chi connectivity index (χ3n) is 4.59. The lowest BCUT2D eigenvalue weighted by Crippen LogP contribution is -2.36. The summed E-state index contributed by atoms with van der Waals surface area (Å²) >= 11 is 0. The molecule has 174 valence electrons. The van der Waals surface area contributed by atoms with Crippen LogP contribution in [0.5, 0.6) is 5.75 Å². The van der Waals surface area contributed by atoms with Crippen LogP contribution < -0.4 is 4.74 Å². The fourth-order valence-electron chi connectivity index (χ4n) is 2.88. The van der Waals surface area contributed by atoms with Crippen molar-refractivity contribution in [3.05, 3.63) is 59.7 Å². The van der Waals surface area contributed by atoms with Crippen molar-refractivity contribution >= 4 is 21.7 Å². The first-order chi connectivity index (χ1) is 16.2. The number of carboxylic acid groups (broad SMARTS) is 1. The number of aliphatic carboxylic acids is 1. The van der Waals surface area contributed by atoms with Crippen molar-refractivity contribution in [2.24, 2.45) is 0 Å². The Kier molecular flexibility index (Phi) is 7.66. The fraction of sp³-hybridized carbons (Fsp3) is 0.417. The van der Waals surface area contributed by atoms with Gasteiger partial charge < -0.3 is 14.7 Å². The molecular weight excluding hydrogens is 430 g/mol. The van der Waals surface area contributed by atoms with E-state index in [1.54, 1.807) is 18.2 Å². The normalized spacial score (nSPS) is 13.5. The van der Waals surface area contributed by atoms with Gasteiger partial charge in [0.15, 0.2) is 9.84 Å². The van der Waals surface area contributed by atoms with Crippen LogP contribution in [0.25, 0.3) is 0 Å². The summed E-state index contributed by atoms with van der Waals surface area (Å²) in [6, 6.07) is 9.79. The predicted molar refractivity (Wildman–Crippen MR) is 123 cm³/mol. The number of carboxylic acids is 1. The van der Waals surface area contributed by atoms with Crippen molar-refractivity contribution in [3.63, 3.8) is 0 Å². The van der Waals surface area contributed by atoms with Crippen LogP contribution in [0.4, 0.5) is 0 Å². The van der Waals surface area contributed by atoms with E-state index in [4.69, 9.17) is 14.0 Å². The van der Waals surface area contributed by atoms with Crippen molar-refractivity contribution in [2.45, 2.75) is 56.9 Å². The first-order valence-corrected chi connectivity index (χ1v) is 12.1. The topological polar surface area (TPSA) is 101 Å². The Morgan fingerprint density at radius 1 is 1.09 bits per heavy atom. The van der Waals surface area contributed by atoms with Gasteiger partial charge in [0.1, 0.15) is 5.75 Å². The number of carbonyl (C=O) groups excluding carboxylic acids is 1. The Labute approximate surface area is 194 Å². The monoisotopic (exact) mass is 464 g/mol. The van der Waals surface area contributed by atoms with Gasteiger partial charge >= 0.3 is 5.97 Å². The molecule has 0 spiro atoms. The number of sulfone groups is 1. The van der Waals surface area contributed by atoms with Crippen LogP contribution in [-0.4, -0.2) is 49.2 Å². The summed E-state index contributed by atoms with van der Waals surface area (Å²) in [5.41, 5.74) is 0.102. The maximum absolute atomic E-state index is 13.4. The Morgan fingerprint density at radius 2 is 1.75 bits per heavy atom. The number of nitrogens with zero attached hydrogens (tertiary/aromatic N) is 1. The summed E-state index contributed by atoms with van der Waals surface area (Å²) in [6.07, 6.45) is 2.83. The summed E-state index contributed by atoms with van der Waals surface area (Å²) in [5, 5.41) is 8.72. The molecule has 0 aliphatic carbocycles. The zero-order valence-corrected chi connectivity index (χ0v) is 19.3. The zero-order valence-electron chi connectivity index (χ0n) is 21.5. The lowest BCUT2D eigenvalue weighted by molar-refractivity contribution is -0.137. The Balaban J connectivity index is 2.32. The number of rotatable bonds is 12. The largest absolute Gasteiger partial charge is 0.493 e. The number of hydrogen-bond acceptors (Lipinski definition) is 5. The third kappa shape index (κ3) is 7.67. The van der Waals surface area contributed by atoms with Crippen molar-refractivity contribution < 1.29 is 32.0 Å².